The maximum Gasteiger partial charge on any atom is 0.333 e. The maximum atomic E-state index is 13.3. The number of halogens is 1. The summed E-state index contributed by atoms with van der Waals surface area (Å²) in [6, 6.07) is 10.5. The molecule has 3 aromatic rings. The van der Waals surface area contributed by atoms with E-state index in [0.717, 1.165) is 4.68 Å². The van der Waals surface area contributed by atoms with Crippen LogP contribution in [0.25, 0.3) is 0 Å². The molecule has 11 heteroatoms. The van der Waals surface area contributed by atoms with Gasteiger partial charge in [0.25, 0.3) is 0 Å². The summed E-state index contributed by atoms with van der Waals surface area (Å²) in [5.74, 6) is 0.156. The fourth-order valence-electron chi connectivity index (χ4n) is 3.43. The summed E-state index contributed by atoms with van der Waals surface area (Å²) in [6.07, 6.45) is 0. The second-order valence-electron chi connectivity index (χ2n) is 6.96. The van der Waals surface area contributed by atoms with E-state index < -0.39 is 29.4 Å². The lowest BCUT2D eigenvalue weighted by Crippen LogP contribution is -2.44. The molecule has 0 saturated heterocycles. The Morgan fingerprint density at radius 1 is 1.06 bits per heavy atom. The molecule has 1 amide bonds. The molecule has 4 rings (SSSR count). The summed E-state index contributed by atoms with van der Waals surface area (Å²) in [5, 5.41) is 6.87. The van der Waals surface area contributed by atoms with Gasteiger partial charge in [0.15, 0.2) is 0 Å². The molecule has 0 fully saturated rings. The lowest BCUT2D eigenvalue weighted by atomic mass is 10.2. The number of nitrogens with zero attached hydrogens (tertiary/aromatic N) is 4. The van der Waals surface area contributed by atoms with Crippen molar-refractivity contribution in [2.75, 3.05) is 31.0 Å². The molecule has 0 saturated carbocycles. The summed E-state index contributed by atoms with van der Waals surface area (Å²) < 4.78 is 25.7. The SMILES string of the molecule is COc1ccc(NC(=O)Cn2nc3n(c(=O)c2=O)CCN3c2ccc(F)cc2)c(OC)c1. The topological polar surface area (TPSA) is 108 Å². The molecule has 0 aliphatic carbocycles. The Kier molecular flexibility index (Phi) is 5.63. The molecular weight excluding hydrogens is 421 g/mol. The van der Waals surface area contributed by atoms with Gasteiger partial charge in [-0.3, -0.25) is 19.0 Å². The summed E-state index contributed by atoms with van der Waals surface area (Å²) in [5.41, 5.74) is -0.708. The first-order valence-electron chi connectivity index (χ1n) is 9.68. The Morgan fingerprint density at radius 2 is 1.81 bits per heavy atom. The molecule has 0 spiro atoms. The molecule has 1 N–H and O–H groups in total. The van der Waals surface area contributed by atoms with Crippen LogP contribution in [-0.2, 0) is 17.9 Å². The minimum Gasteiger partial charge on any atom is -0.497 e. The van der Waals surface area contributed by atoms with Gasteiger partial charge in [0.2, 0.25) is 11.9 Å². The number of rotatable bonds is 6. The molecule has 1 aliphatic rings. The number of carbonyl (C=O) groups excluding carboxylic acids is 1. The number of hydrogen-bond acceptors (Lipinski definition) is 7. The highest BCUT2D eigenvalue weighted by atomic mass is 19.1. The van der Waals surface area contributed by atoms with Gasteiger partial charge in [0.05, 0.1) is 19.9 Å². The van der Waals surface area contributed by atoms with E-state index in [0.29, 0.717) is 29.4 Å². The Balaban J connectivity index is 1.61. The van der Waals surface area contributed by atoms with Gasteiger partial charge in [-0.2, -0.15) is 0 Å². The van der Waals surface area contributed by atoms with E-state index in [1.54, 1.807) is 35.2 Å². The van der Waals surface area contributed by atoms with E-state index in [-0.39, 0.29) is 12.5 Å². The van der Waals surface area contributed by atoms with E-state index in [2.05, 4.69) is 10.4 Å². The smallest absolute Gasteiger partial charge is 0.333 e. The normalized spacial score (nSPS) is 12.4. The predicted octanol–water partition coefficient (Wildman–Crippen LogP) is 1.35. The summed E-state index contributed by atoms with van der Waals surface area (Å²) in [6.45, 7) is 0.158. The molecule has 1 aliphatic heterocycles. The molecule has 0 unspecified atom stereocenters. The third-order valence-corrected chi connectivity index (χ3v) is 5.02. The summed E-state index contributed by atoms with van der Waals surface area (Å²) in [4.78, 5) is 39.3. The van der Waals surface area contributed by atoms with Gasteiger partial charge in [-0.1, -0.05) is 0 Å². The zero-order chi connectivity index (χ0) is 22.8. The van der Waals surface area contributed by atoms with Gasteiger partial charge in [-0.25, -0.2) is 9.07 Å². The monoisotopic (exact) mass is 441 g/mol. The highest BCUT2D eigenvalue weighted by Crippen LogP contribution is 2.29. The Bertz CT molecular complexity index is 1290. The number of fused-ring (bicyclic) bond motifs is 1. The zero-order valence-electron chi connectivity index (χ0n) is 17.4. The number of nitrogens with one attached hydrogen (secondary N) is 1. The molecule has 0 radical (unpaired) electrons. The van der Waals surface area contributed by atoms with E-state index in [1.165, 1.54) is 30.9 Å². The van der Waals surface area contributed by atoms with Crippen LogP contribution in [0.2, 0.25) is 0 Å². The molecule has 32 heavy (non-hydrogen) atoms. The van der Waals surface area contributed by atoms with Gasteiger partial charge in [-0.15, -0.1) is 5.10 Å². The number of anilines is 3. The number of benzene rings is 2. The molecule has 1 aromatic heterocycles. The molecule has 0 bridgehead atoms. The first kappa shape index (κ1) is 21.1. The molecule has 166 valence electrons. The summed E-state index contributed by atoms with van der Waals surface area (Å²) in [7, 11) is 2.95. The molecule has 0 atom stereocenters. The second-order valence-corrected chi connectivity index (χ2v) is 6.96. The fraction of sp³-hybridized carbons (Fsp3) is 0.238. The Labute approximate surface area is 181 Å². The maximum absolute atomic E-state index is 13.3. The van der Waals surface area contributed by atoms with Crippen LogP contribution in [-0.4, -0.2) is 41.0 Å². The van der Waals surface area contributed by atoms with Crippen molar-refractivity contribution in [3.63, 3.8) is 0 Å². The third-order valence-electron chi connectivity index (χ3n) is 5.02. The standard InChI is InChI=1S/C21H20FN5O5/c1-31-15-7-8-16(17(11-15)32-2)23-18(28)12-27-20(30)19(29)26-10-9-25(21(26)24-27)14-5-3-13(22)4-6-14/h3-8,11H,9-10,12H2,1-2H3,(H,23,28). The number of amides is 1. The van der Waals surface area contributed by atoms with Crippen LogP contribution in [0.5, 0.6) is 11.5 Å². The molecular formula is C21H20FN5O5. The number of methoxy groups -OCH3 is 2. The largest absolute Gasteiger partial charge is 0.497 e. The molecule has 2 heterocycles. The van der Waals surface area contributed by atoms with Crippen LogP contribution in [0.4, 0.5) is 21.7 Å². The van der Waals surface area contributed by atoms with Crippen molar-refractivity contribution in [3.05, 3.63) is 69.0 Å². The quantitative estimate of drug-likeness (QED) is 0.576. The van der Waals surface area contributed by atoms with Gasteiger partial charge in [-0.05, 0) is 36.4 Å². The van der Waals surface area contributed by atoms with Crippen molar-refractivity contribution in [1.29, 1.82) is 0 Å². The average Bonchev–Trinajstić information content (AvgIpc) is 3.22. The van der Waals surface area contributed by atoms with Crippen LogP contribution < -0.4 is 30.8 Å². The van der Waals surface area contributed by atoms with Crippen molar-refractivity contribution in [2.24, 2.45) is 0 Å². The van der Waals surface area contributed by atoms with Crippen molar-refractivity contribution < 1.29 is 18.7 Å². The number of carbonyl (C=O) groups is 1. The lowest BCUT2D eigenvalue weighted by Gasteiger charge is -2.18. The van der Waals surface area contributed by atoms with Gasteiger partial charge in [0, 0.05) is 24.8 Å². The minimum absolute atomic E-state index is 0.205. The number of aromatic nitrogens is 3. The Hall–Kier alpha value is -4.15. The highest BCUT2D eigenvalue weighted by molar-refractivity contribution is 5.92. The predicted molar refractivity (Wildman–Crippen MR) is 114 cm³/mol. The number of ether oxygens (including phenoxy) is 2. The highest BCUT2D eigenvalue weighted by Gasteiger charge is 2.26. The van der Waals surface area contributed by atoms with Crippen LogP contribution >= 0.6 is 0 Å². The van der Waals surface area contributed by atoms with Gasteiger partial charge in [0.1, 0.15) is 23.9 Å². The van der Waals surface area contributed by atoms with Gasteiger partial charge < -0.3 is 19.7 Å². The fourth-order valence-corrected chi connectivity index (χ4v) is 3.43. The summed E-state index contributed by atoms with van der Waals surface area (Å²) >= 11 is 0. The Morgan fingerprint density at radius 3 is 2.50 bits per heavy atom. The van der Waals surface area contributed by atoms with Crippen molar-refractivity contribution >= 4 is 23.2 Å². The first-order chi connectivity index (χ1) is 15.4. The van der Waals surface area contributed by atoms with Crippen LogP contribution in [0.3, 0.4) is 0 Å². The van der Waals surface area contributed by atoms with Crippen LogP contribution in [0.15, 0.2) is 52.1 Å². The van der Waals surface area contributed by atoms with Crippen molar-refractivity contribution in [2.45, 2.75) is 13.1 Å². The van der Waals surface area contributed by atoms with Crippen LogP contribution in [0, 0.1) is 5.82 Å². The third kappa shape index (κ3) is 3.92. The average molecular weight is 441 g/mol. The lowest BCUT2D eigenvalue weighted by molar-refractivity contribution is -0.117. The second kappa shape index (κ2) is 8.53. The van der Waals surface area contributed by atoms with E-state index >= 15 is 0 Å². The van der Waals surface area contributed by atoms with Crippen LogP contribution in [0.1, 0.15) is 0 Å². The van der Waals surface area contributed by atoms with Gasteiger partial charge >= 0.3 is 11.1 Å². The number of hydrogen-bond donors (Lipinski definition) is 1. The molecule has 2 aromatic carbocycles. The van der Waals surface area contributed by atoms with Crippen molar-refractivity contribution in [1.82, 2.24) is 14.3 Å². The zero-order valence-corrected chi connectivity index (χ0v) is 17.4. The van der Waals surface area contributed by atoms with E-state index in [4.69, 9.17) is 9.47 Å². The molecule has 10 nitrogen and oxygen atoms in total. The first-order valence-corrected chi connectivity index (χ1v) is 9.68. The van der Waals surface area contributed by atoms with E-state index in [9.17, 15) is 18.8 Å². The van der Waals surface area contributed by atoms with E-state index in [1.807, 2.05) is 0 Å². The van der Waals surface area contributed by atoms with Crippen molar-refractivity contribution in [3.8, 4) is 11.5 Å². The minimum atomic E-state index is -0.911.